The average Bonchev–Trinajstić information content (AvgIpc) is 2.51. The molecule has 1 aromatic rings. The number of anilines is 2. The van der Waals surface area contributed by atoms with Crippen LogP contribution in [0.1, 0.15) is 26.7 Å². The number of rotatable bonds is 7. The standard InChI is InChI=1S/C16H22N2O4/c1-12(2)22-16-9-14(3-4-15(16)17-10-19)18(11-20)13-5-7-21-8-6-13/h3-4,9-13H,5-8H2,1-2H3,(H,17,19). The molecule has 6 nitrogen and oxygen atoms in total. The molecule has 1 N–H and O–H groups in total. The summed E-state index contributed by atoms with van der Waals surface area (Å²) >= 11 is 0. The number of hydrogen-bond donors (Lipinski definition) is 1. The molecule has 2 rings (SSSR count). The van der Waals surface area contributed by atoms with Gasteiger partial charge in [0.2, 0.25) is 12.8 Å². The summed E-state index contributed by atoms with van der Waals surface area (Å²) in [6.45, 7) is 5.14. The lowest BCUT2D eigenvalue weighted by atomic mass is 10.1. The fourth-order valence-corrected chi connectivity index (χ4v) is 2.53. The number of benzene rings is 1. The molecule has 1 aromatic carbocycles. The molecule has 0 saturated carbocycles. The molecule has 0 aromatic heterocycles. The Hall–Kier alpha value is -2.08. The largest absolute Gasteiger partial charge is 0.489 e. The maximum atomic E-state index is 11.5. The van der Waals surface area contributed by atoms with Crippen LogP contribution in [0.4, 0.5) is 11.4 Å². The number of nitrogens with one attached hydrogen (secondary N) is 1. The summed E-state index contributed by atoms with van der Waals surface area (Å²) in [4.78, 5) is 23.9. The highest BCUT2D eigenvalue weighted by atomic mass is 16.5. The molecule has 0 unspecified atom stereocenters. The minimum Gasteiger partial charge on any atom is -0.489 e. The maximum Gasteiger partial charge on any atom is 0.214 e. The third-order valence-corrected chi connectivity index (χ3v) is 3.54. The lowest BCUT2D eigenvalue weighted by Gasteiger charge is -2.31. The van der Waals surface area contributed by atoms with E-state index in [0.29, 0.717) is 31.1 Å². The second kappa shape index (κ2) is 7.79. The topological polar surface area (TPSA) is 67.9 Å². The molecule has 2 amide bonds. The molecule has 0 spiro atoms. The van der Waals surface area contributed by atoms with E-state index in [1.165, 1.54) is 0 Å². The van der Waals surface area contributed by atoms with Crippen molar-refractivity contribution in [2.75, 3.05) is 23.4 Å². The molecule has 0 bridgehead atoms. The number of amides is 2. The fraction of sp³-hybridized carbons (Fsp3) is 0.500. The number of ether oxygens (including phenoxy) is 2. The quantitative estimate of drug-likeness (QED) is 0.784. The molecular weight excluding hydrogens is 284 g/mol. The Morgan fingerprint density at radius 1 is 1.32 bits per heavy atom. The highest BCUT2D eigenvalue weighted by Gasteiger charge is 2.22. The molecule has 22 heavy (non-hydrogen) atoms. The molecule has 0 aliphatic carbocycles. The van der Waals surface area contributed by atoms with Crippen LogP contribution >= 0.6 is 0 Å². The molecule has 0 atom stereocenters. The Morgan fingerprint density at radius 2 is 2.05 bits per heavy atom. The van der Waals surface area contributed by atoms with Gasteiger partial charge in [0.1, 0.15) is 5.75 Å². The van der Waals surface area contributed by atoms with Crippen LogP contribution in [-0.2, 0) is 14.3 Å². The van der Waals surface area contributed by atoms with Gasteiger partial charge >= 0.3 is 0 Å². The van der Waals surface area contributed by atoms with E-state index < -0.39 is 0 Å². The van der Waals surface area contributed by atoms with Gasteiger partial charge < -0.3 is 19.7 Å². The van der Waals surface area contributed by atoms with Gasteiger partial charge in [-0.25, -0.2) is 0 Å². The number of hydrogen-bond acceptors (Lipinski definition) is 4. The molecule has 1 heterocycles. The Kier molecular flexibility index (Phi) is 5.77. The van der Waals surface area contributed by atoms with E-state index >= 15 is 0 Å². The summed E-state index contributed by atoms with van der Waals surface area (Å²) in [5.41, 5.74) is 1.35. The minimum atomic E-state index is -0.0322. The van der Waals surface area contributed by atoms with Crippen LogP contribution in [0.15, 0.2) is 18.2 Å². The van der Waals surface area contributed by atoms with Gasteiger partial charge in [0, 0.05) is 31.0 Å². The zero-order valence-electron chi connectivity index (χ0n) is 13.0. The van der Waals surface area contributed by atoms with Crippen LogP contribution in [-0.4, -0.2) is 38.2 Å². The van der Waals surface area contributed by atoms with Gasteiger partial charge in [-0.1, -0.05) is 0 Å². The van der Waals surface area contributed by atoms with Gasteiger partial charge in [-0.3, -0.25) is 9.59 Å². The van der Waals surface area contributed by atoms with Crippen LogP contribution in [0, 0.1) is 0 Å². The Balaban J connectivity index is 2.28. The zero-order valence-corrected chi connectivity index (χ0v) is 13.0. The monoisotopic (exact) mass is 306 g/mol. The first-order chi connectivity index (χ1) is 10.7. The molecule has 1 aliphatic rings. The molecule has 6 heteroatoms. The van der Waals surface area contributed by atoms with E-state index in [1.807, 2.05) is 19.9 Å². The van der Waals surface area contributed by atoms with Gasteiger partial charge in [0.25, 0.3) is 0 Å². The average molecular weight is 306 g/mol. The van der Waals surface area contributed by atoms with Gasteiger partial charge in [-0.05, 0) is 38.8 Å². The molecule has 1 aliphatic heterocycles. The van der Waals surface area contributed by atoms with Crippen molar-refractivity contribution >= 4 is 24.2 Å². The smallest absolute Gasteiger partial charge is 0.214 e. The van der Waals surface area contributed by atoms with Crippen LogP contribution in [0.25, 0.3) is 0 Å². The van der Waals surface area contributed by atoms with E-state index in [-0.39, 0.29) is 12.1 Å². The molecule has 1 saturated heterocycles. The first kappa shape index (κ1) is 16.3. The fourth-order valence-electron chi connectivity index (χ4n) is 2.53. The number of carbonyl (C=O) groups is 2. The molecule has 0 radical (unpaired) electrons. The normalized spacial score (nSPS) is 15.4. The van der Waals surface area contributed by atoms with Crippen molar-refractivity contribution in [1.82, 2.24) is 0 Å². The van der Waals surface area contributed by atoms with Crippen LogP contribution in [0.5, 0.6) is 5.75 Å². The van der Waals surface area contributed by atoms with Crippen molar-refractivity contribution in [2.24, 2.45) is 0 Å². The van der Waals surface area contributed by atoms with Gasteiger partial charge in [-0.15, -0.1) is 0 Å². The summed E-state index contributed by atoms with van der Waals surface area (Å²) in [5.74, 6) is 0.554. The van der Waals surface area contributed by atoms with Crippen LogP contribution < -0.4 is 15.0 Å². The lowest BCUT2D eigenvalue weighted by Crippen LogP contribution is -2.38. The molecule has 1 fully saturated rings. The van der Waals surface area contributed by atoms with Gasteiger partial charge in [0.15, 0.2) is 0 Å². The summed E-state index contributed by atoms with van der Waals surface area (Å²) in [6, 6.07) is 5.47. The maximum absolute atomic E-state index is 11.5. The Morgan fingerprint density at radius 3 is 2.64 bits per heavy atom. The second-order valence-electron chi connectivity index (χ2n) is 5.47. The van der Waals surface area contributed by atoms with Crippen molar-refractivity contribution in [3.05, 3.63) is 18.2 Å². The predicted molar refractivity (Wildman–Crippen MR) is 84.3 cm³/mol. The van der Waals surface area contributed by atoms with Crippen LogP contribution in [0.3, 0.4) is 0 Å². The van der Waals surface area contributed by atoms with Crippen molar-refractivity contribution in [3.8, 4) is 5.75 Å². The highest BCUT2D eigenvalue weighted by Crippen LogP contribution is 2.32. The summed E-state index contributed by atoms with van der Waals surface area (Å²) < 4.78 is 11.1. The van der Waals surface area contributed by atoms with Gasteiger partial charge in [0.05, 0.1) is 11.8 Å². The van der Waals surface area contributed by atoms with Crippen molar-refractivity contribution in [1.29, 1.82) is 0 Å². The van der Waals surface area contributed by atoms with Crippen molar-refractivity contribution < 1.29 is 19.1 Å². The first-order valence-electron chi connectivity index (χ1n) is 7.48. The predicted octanol–water partition coefficient (Wildman–Crippen LogP) is 2.18. The van der Waals surface area contributed by atoms with E-state index in [1.54, 1.807) is 17.0 Å². The lowest BCUT2D eigenvalue weighted by molar-refractivity contribution is -0.108. The van der Waals surface area contributed by atoms with Crippen molar-refractivity contribution in [3.63, 3.8) is 0 Å². The van der Waals surface area contributed by atoms with E-state index in [4.69, 9.17) is 9.47 Å². The Bertz CT molecular complexity index is 513. The molecule has 120 valence electrons. The summed E-state index contributed by atoms with van der Waals surface area (Å²) in [6.07, 6.45) is 3.05. The third kappa shape index (κ3) is 3.98. The van der Waals surface area contributed by atoms with E-state index in [9.17, 15) is 9.59 Å². The van der Waals surface area contributed by atoms with Gasteiger partial charge in [-0.2, -0.15) is 0 Å². The summed E-state index contributed by atoms with van der Waals surface area (Å²) in [5, 5.41) is 2.61. The molecular formula is C16H22N2O4. The number of nitrogens with zero attached hydrogens (tertiary/aromatic N) is 1. The second-order valence-corrected chi connectivity index (χ2v) is 5.47. The Labute approximate surface area is 130 Å². The highest BCUT2D eigenvalue weighted by molar-refractivity contribution is 5.81. The van der Waals surface area contributed by atoms with Crippen LogP contribution in [0.2, 0.25) is 0 Å². The zero-order chi connectivity index (χ0) is 15.9. The summed E-state index contributed by atoms with van der Waals surface area (Å²) in [7, 11) is 0. The van der Waals surface area contributed by atoms with E-state index in [0.717, 1.165) is 24.9 Å². The van der Waals surface area contributed by atoms with E-state index in [2.05, 4.69) is 5.32 Å². The first-order valence-corrected chi connectivity index (χ1v) is 7.48. The van der Waals surface area contributed by atoms with Crippen molar-refractivity contribution in [2.45, 2.75) is 38.8 Å². The third-order valence-electron chi connectivity index (χ3n) is 3.54. The SMILES string of the molecule is CC(C)Oc1cc(N(C=O)C2CCOCC2)ccc1NC=O. The number of carbonyl (C=O) groups excluding carboxylic acids is 2. The minimum absolute atomic E-state index is 0.0322.